The first-order chi connectivity index (χ1) is 39.6. The van der Waals surface area contributed by atoms with E-state index in [1.54, 1.807) is 6.20 Å². The van der Waals surface area contributed by atoms with Crippen LogP contribution in [0, 0.1) is 99.1 Å². The standard InChI is InChI=1S/C25H26N2O2.C22H24N2O.C22H22N2O.CH5NO/c1-15-12-23-24(17(3)29-25(23)28)21(16(15)2)11-10-20-9-8-19(14-27-20)22-7-5-4-6-18(22)13-26;2*1-15-11-21(25)12-17(16(15)2)7-9-20-10-8-19(14-24-20)22-6-4-3-5-18(22)13-23;1-3-2/h4-11,14-17,21,23-24H,12H2,1-3H3;3-10,14-17,21,25H,11-12H2,1-2H3;3-10,14-17H,11-12H2,1-2H3;2H2,1H3/b11-10+;2*9-7+;/t15-,16+,17+,21-,23+,24-;15-,16+,17+,21?;15-,16+,17+;/m000./s1. The molecule has 0 radical (unpaired) electrons. The number of aromatic nitrogens is 3. The molecule has 4 aliphatic rings. The smallest absolute Gasteiger partial charge is 0.309 e. The van der Waals surface area contributed by atoms with Gasteiger partial charge in [-0.25, -0.2) is 5.90 Å². The van der Waals surface area contributed by atoms with Crippen molar-refractivity contribution in [2.75, 3.05) is 7.11 Å². The lowest BCUT2D eigenvalue weighted by Gasteiger charge is -2.40. The van der Waals surface area contributed by atoms with E-state index in [1.807, 2.05) is 141 Å². The molecular weight excluding hydrogens is 1020 g/mol. The molecule has 1 saturated heterocycles. The SMILES string of the molecule is CON.C[C@H]1[C@H](/C=C/c2ccc(-c3ccccc3C#N)cn2)CC(=O)C[C@@H]1C.C[C@H]1[C@H](/C=C/c2ccc(-c3ccccc3C#N)cn2)CC(O)C[C@@H]1C.C[C@H]1[C@H](/C=C/c2ccc(-c3ccccc3C#N)cn2)[C@@H]2[C@@H](C)OC(=O)[C@@H]2C[C@@H]1C. The van der Waals surface area contributed by atoms with Gasteiger partial charge in [0, 0.05) is 70.7 Å². The van der Waals surface area contributed by atoms with Gasteiger partial charge in [-0.3, -0.25) is 24.5 Å². The molecule has 3 N–H and O–H groups in total. The van der Waals surface area contributed by atoms with E-state index < -0.39 is 0 Å². The van der Waals surface area contributed by atoms with Gasteiger partial charge < -0.3 is 14.7 Å². The maximum absolute atomic E-state index is 12.2. The number of ether oxygens (including phenoxy) is 1. The molecule has 1 aliphatic heterocycles. The van der Waals surface area contributed by atoms with Crippen LogP contribution in [0.3, 0.4) is 0 Å². The summed E-state index contributed by atoms with van der Waals surface area (Å²) in [6.45, 7) is 15.4. The molecule has 3 aliphatic carbocycles. The molecule has 0 amide bonds. The summed E-state index contributed by atoms with van der Waals surface area (Å²) in [5.41, 5.74) is 10.1. The van der Waals surface area contributed by atoms with Gasteiger partial charge in [0.15, 0.2) is 0 Å². The van der Waals surface area contributed by atoms with Gasteiger partial charge in [-0.15, -0.1) is 0 Å². The average molecular weight is 1100 g/mol. The number of nitriles is 3. The zero-order valence-electron chi connectivity index (χ0n) is 48.5. The number of carbonyl (C=O) groups is 2. The van der Waals surface area contributed by atoms with Gasteiger partial charge in [0.05, 0.1) is 71.1 Å². The molecule has 13 atom stereocenters. The number of carbonyl (C=O) groups excluding carboxylic acids is 2. The lowest BCUT2D eigenvalue weighted by molar-refractivity contribution is -0.144. The molecule has 12 heteroatoms. The number of nitrogens with two attached hydrogens (primary N) is 1. The second-order valence-corrected chi connectivity index (χ2v) is 22.7. The monoisotopic (exact) mass is 1100 g/mol. The lowest BCUT2D eigenvalue weighted by Crippen LogP contribution is -2.39. The van der Waals surface area contributed by atoms with E-state index in [2.05, 4.69) is 110 Å². The Morgan fingerprint density at radius 2 is 0.963 bits per heavy atom. The molecular formula is C70H77N7O5. The Hall–Kier alpha value is -8.18. The predicted molar refractivity (Wildman–Crippen MR) is 324 cm³/mol. The summed E-state index contributed by atoms with van der Waals surface area (Å²) in [4.78, 5) is 41.4. The van der Waals surface area contributed by atoms with Gasteiger partial charge in [0.25, 0.3) is 0 Å². The molecule has 422 valence electrons. The van der Waals surface area contributed by atoms with Crippen molar-refractivity contribution < 1.29 is 24.3 Å². The Bertz CT molecular complexity index is 3320. The van der Waals surface area contributed by atoms with Crippen molar-refractivity contribution >= 4 is 30.0 Å². The number of fused-ring (bicyclic) bond motifs is 1. The quantitative estimate of drug-likeness (QED) is 0.102. The first-order valence-corrected chi connectivity index (χ1v) is 28.6. The number of esters is 1. The molecule has 10 rings (SSSR count). The van der Waals surface area contributed by atoms with Crippen LogP contribution < -0.4 is 5.90 Å². The van der Waals surface area contributed by atoms with E-state index in [9.17, 15) is 30.5 Å². The van der Waals surface area contributed by atoms with Crippen molar-refractivity contribution in [3.63, 3.8) is 0 Å². The minimum atomic E-state index is -0.196. The number of aliphatic hydroxyl groups is 1. The Labute approximate surface area is 485 Å². The minimum Gasteiger partial charge on any atom is -0.462 e. The third-order valence-corrected chi connectivity index (χ3v) is 17.5. The van der Waals surface area contributed by atoms with Crippen molar-refractivity contribution in [3.05, 3.63) is 180 Å². The number of pyridine rings is 3. The minimum absolute atomic E-state index is 0.0173. The highest BCUT2D eigenvalue weighted by Gasteiger charge is 2.51. The van der Waals surface area contributed by atoms with Crippen LogP contribution in [-0.4, -0.2) is 51.1 Å². The van der Waals surface area contributed by atoms with E-state index >= 15 is 0 Å². The Morgan fingerprint density at radius 3 is 1.40 bits per heavy atom. The highest BCUT2D eigenvalue weighted by Crippen LogP contribution is 2.49. The molecule has 3 saturated carbocycles. The first kappa shape index (κ1) is 61.4. The Kier molecular flexibility index (Phi) is 22.1. The van der Waals surface area contributed by atoms with Crippen molar-refractivity contribution in [2.45, 2.75) is 92.8 Å². The van der Waals surface area contributed by atoms with Crippen LogP contribution in [0.4, 0.5) is 0 Å². The van der Waals surface area contributed by atoms with Crippen LogP contribution in [0.25, 0.3) is 51.6 Å². The molecule has 0 spiro atoms. The number of hydrogen-bond acceptors (Lipinski definition) is 12. The van der Waals surface area contributed by atoms with Crippen molar-refractivity contribution in [1.82, 2.24) is 15.0 Å². The van der Waals surface area contributed by atoms with Crippen LogP contribution in [-0.2, 0) is 19.2 Å². The topological polar surface area (TPSA) is 209 Å². The summed E-state index contributed by atoms with van der Waals surface area (Å²) in [6, 6.07) is 41.2. The van der Waals surface area contributed by atoms with Crippen molar-refractivity contribution in [3.8, 4) is 51.6 Å². The fourth-order valence-electron chi connectivity index (χ4n) is 12.1. The molecule has 3 aromatic heterocycles. The number of aliphatic hydroxyl groups excluding tert-OH is 1. The van der Waals surface area contributed by atoms with E-state index in [4.69, 9.17) is 4.74 Å². The molecule has 4 heterocycles. The molecule has 3 aromatic carbocycles. The number of ketones is 1. The highest BCUT2D eigenvalue weighted by molar-refractivity contribution is 5.80. The molecule has 82 heavy (non-hydrogen) atoms. The van der Waals surface area contributed by atoms with Crippen LogP contribution in [0.5, 0.6) is 0 Å². The Morgan fingerprint density at radius 1 is 0.549 bits per heavy atom. The Balaban J connectivity index is 0.000000173. The fraction of sp³-hybridized carbons (Fsp3) is 0.371. The van der Waals surface area contributed by atoms with E-state index in [0.29, 0.717) is 82.7 Å². The second-order valence-electron chi connectivity index (χ2n) is 22.7. The molecule has 12 nitrogen and oxygen atoms in total. The van der Waals surface area contributed by atoms with Gasteiger partial charge in [-0.2, -0.15) is 15.8 Å². The molecule has 6 aromatic rings. The zero-order valence-corrected chi connectivity index (χ0v) is 48.5. The summed E-state index contributed by atoms with van der Waals surface area (Å²) < 4.78 is 5.56. The lowest BCUT2D eigenvalue weighted by atomic mass is 9.62. The summed E-state index contributed by atoms with van der Waals surface area (Å²) in [6.07, 6.45) is 21.9. The number of cyclic esters (lactones) is 1. The van der Waals surface area contributed by atoms with Crippen molar-refractivity contribution in [2.24, 2.45) is 71.0 Å². The molecule has 4 fully saturated rings. The van der Waals surface area contributed by atoms with Gasteiger partial charge >= 0.3 is 5.97 Å². The van der Waals surface area contributed by atoms with Crippen LogP contribution in [0.1, 0.15) is 114 Å². The normalized spacial score (nSPS) is 26.5. The highest BCUT2D eigenvalue weighted by atomic mass is 16.6. The summed E-state index contributed by atoms with van der Waals surface area (Å²) in [5, 5.41) is 37.8. The average Bonchev–Trinajstić information content (AvgIpc) is 3.66. The van der Waals surface area contributed by atoms with Gasteiger partial charge in [0.2, 0.25) is 0 Å². The van der Waals surface area contributed by atoms with Gasteiger partial charge in [0.1, 0.15) is 11.9 Å². The summed E-state index contributed by atoms with van der Waals surface area (Å²) in [7, 11) is 1.40. The van der Waals surface area contributed by atoms with Crippen molar-refractivity contribution in [1.29, 1.82) is 15.8 Å². The summed E-state index contributed by atoms with van der Waals surface area (Å²) in [5.74, 6) is 8.95. The zero-order chi connectivity index (χ0) is 58.9. The molecule has 0 bridgehead atoms. The third-order valence-electron chi connectivity index (χ3n) is 17.5. The fourth-order valence-corrected chi connectivity index (χ4v) is 12.1. The number of benzene rings is 3. The largest absolute Gasteiger partial charge is 0.462 e. The second kappa shape index (κ2) is 29.5. The van der Waals surface area contributed by atoms with E-state index in [-0.39, 0.29) is 35.9 Å². The van der Waals surface area contributed by atoms with Crippen LogP contribution in [0.2, 0.25) is 0 Å². The van der Waals surface area contributed by atoms with Gasteiger partial charge in [-0.05, 0) is 134 Å². The maximum Gasteiger partial charge on any atom is 0.309 e. The molecule has 1 unspecified atom stereocenters. The third kappa shape index (κ3) is 15.6. The van der Waals surface area contributed by atoms with Gasteiger partial charge in [-0.1, -0.05) is 133 Å². The summed E-state index contributed by atoms with van der Waals surface area (Å²) >= 11 is 0. The number of rotatable bonds is 9. The predicted octanol–water partition coefficient (Wildman–Crippen LogP) is 14.2. The van der Waals surface area contributed by atoms with Crippen LogP contribution >= 0.6 is 0 Å². The van der Waals surface area contributed by atoms with E-state index in [0.717, 1.165) is 69.7 Å². The van der Waals surface area contributed by atoms with E-state index in [1.165, 1.54) is 7.11 Å². The number of Topliss-reactive ketones (excluding diaryl/α,β-unsaturated/α-hetero) is 1. The first-order valence-electron chi connectivity index (χ1n) is 28.6. The number of nitrogens with zero attached hydrogens (tertiary/aromatic N) is 6. The van der Waals surface area contributed by atoms with Crippen LogP contribution in [0.15, 0.2) is 146 Å². The maximum atomic E-state index is 12.2. The number of hydrogen-bond donors (Lipinski definition) is 2. The number of allylic oxidation sites excluding steroid dienone is 3.